The quantitative estimate of drug-likeness (QED) is 0.834. The van der Waals surface area contributed by atoms with E-state index in [9.17, 15) is 14.4 Å². The van der Waals surface area contributed by atoms with Crippen LogP contribution in [0.25, 0.3) is 12.2 Å². The highest BCUT2D eigenvalue weighted by Gasteiger charge is 2.12. The Morgan fingerprint density at radius 3 is 2.42 bits per heavy atom. The zero-order valence-corrected chi connectivity index (χ0v) is 14.8. The lowest BCUT2D eigenvalue weighted by Gasteiger charge is -2.17. The van der Waals surface area contributed by atoms with E-state index < -0.39 is 5.91 Å². The van der Waals surface area contributed by atoms with Gasteiger partial charge >= 0.3 is 0 Å². The minimum Gasteiger partial charge on any atom is -0.366 e. The Kier molecular flexibility index (Phi) is 5.21. The van der Waals surface area contributed by atoms with E-state index in [1.54, 1.807) is 37.4 Å². The molecule has 6 heteroatoms. The van der Waals surface area contributed by atoms with Gasteiger partial charge in [-0.3, -0.25) is 14.4 Å². The fraction of sp³-hybridized carbons (Fsp3) is 0.350. The number of aromatic amines is 1. The summed E-state index contributed by atoms with van der Waals surface area (Å²) in [4.78, 5) is 38.9. The topological polar surface area (TPSA) is 97.9 Å². The first-order chi connectivity index (χ1) is 12.5. The maximum Gasteiger partial charge on any atom is 0.274 e. The highest BCUT2D eigenvalue weighted by Crippen LogP contribution is 2.24. The second-order valence-corrected chi connectivity index (χ2v) is 6.81. The number of amides is 1. The van der Waals surface area contributed by atoms with E-state index in [4.69, 9.17) is 5.73 Å². The van der Waals surface area contributed by atoms with Gasteiger partial charge in [0.1, 0.15) is 10.7 Å². The van der Waals surface area contributed by atoms with Crippen molar-refractivity contribution in [3.63, 3.8) is 0 Å². The third kappa shape index (κ3) is 3.85. The molecule has 3 rings (SSSR count). The largest absolute Gasteiger partial charge is 0.366 e. The molecule has 136 valence electrons. The molecule has 0 spiro atoms. The second-order valence-electron chi connectivity index (χ2n) is 6.81. The molecular formula is C20H23N3O3. The average molecular weight is 353 g/mol. The molecule has 1 saturated carbocycles. The van der Waals surface area contributed by atoms with E-state index in [1.807, 2.05) is 6.08 Å². The lowest BCUT2D eigenvalue weighted by Crippen LogP contribution is -2.52. The van der Waals surface area contributed by atoms with Crippen LogP contribution < -0.4 is 27.6 Å². The molecule has 6 nitrogen and oxygen atoms in total. The first kappa shape index (κ1) is 17.9. The van der Waals surface area contributed by atoms with Crippen LogP contribution in [-0.2, 0) is 7.05 Å². The number of primary amides is 1. The van der Waals surface area contributed by atoms with Crippen LogP contribution in [0, 0.1) is 5.92 Å². The number of H-pyrrole nitrogens is 1. The second kappa shape index (κ2) is 7.56. The predicted molar refractivity (Wildman–Crippen MR) is 101 cm³/mol. The number of nitrogens with one attached hydrogen (secondary N) is 1. The van der Waals surface area contributed by atoms with Gasteiger partial charge in [0.15, 0.2) is 0 Å². The van der Waals surface area contributed by atoms with Crippen LogP contribution in [0.15, 0.2) is 33.9 Å². The zero-order valence-electron chi connectivity index (χ0n) is 14.8. The van der Waals surface area contributed by atoms with Crippen LogP contribution in [0.4, 0.5) is 0 Å². The molecule has 2 aromatic rings. The van der Waals surface area contributed by atoms with Gasteiger partial charge in [-0.1, -0.05) is 37.5 Å². The maximum atomic E-state index is 12.6. The third-order valence-corrected chi connectivity index (χ3v) is 4.93. The van der Waals surface area contributed by atoms with Crippen molar-refractivity contribution in [3.8, 4) is 0 Å². The molecule has 1 amide bonds. The molecule has 0 atom stereocenters. The number of nitrogens with zero attached hydrogens (tertiary/aromatic N) is 1. The number of carbonyl (C=O) groups excluding carboxylic acids is 1. The predicted octanol–water partition coefficient (Wildman–Crippen LogP) is 0.362. The highest BCUT2D eigenvalue weighted by atomic mass is 16.1. The Bertz CT molecular complexity index is 1040. The lowest BCUT2D eigenvalue weighted by atomic mass is 9.89. The van der Waals surface area contributed by atoms with Crippen LogP contribution in [0.1, 0.15) is 48.0 Å². The summed E-state index contributed by atoms with van der Waals surface area (Å²) in [5.74, 6) is -0.157. The summed E-state index contributed by atoms with van der Waals surface area (Å²) >= 11 is 0. The van der Waals surface area contributed by atoms with Gasteiger partial charge in [0.2, 0.25) is 5.91 Å². The monoisotopic (exact) mass is 353 g/mol. The molecule has 1 aliphatic rings. The van der Waals surface area contributed by atoms with E-state index in [0.29, 0.717) is 22.4 Å². The summed E-state index contributed by atoms with van der Waals surface area (Å²) in [6.45, 7) is 0. The SMILES string of the molecule is Cn1c(=O)/c(=C/c2ccc(C(N)=O)cc2)[nH]c(=O)/c1=C/C1CCCCC1. The average Bonchev–Trinajstić information content (AvgIpc) is 2.64. The Morgan fingerprint density at radius 2 is 1.81 bits per heavy atom. The van der Waals surface area contributed by atoms with Crippen molar-refractivity contribution in [3.05, 3.63) is 66.8 Å². The van der Waals surface area contributed by atoms with Gasteiger partial charge in [-0.2, -0.15) is 0 Å². The Labute approximate surface area is 150 Å². The number of benzene rings is 1. The first-order valence-corrected chi connectivity index (χ1v) is 8.88. The molecule has 1 aliphatic carbocycles. The summed E-state index contributed by atoms with van der Waals surface area (Å²) in [5.41, 5.74) is 5.79. The van der Waals surface area contributed by atoms with Gasteiger partial charge < -0.3 is 15.3 Å². The summed E-state index contributed by atoms with van der Waals surface area (Å²) in [6, 6.07) is 6.53. The van der Waals surface area contributed by atoms with Gasteiger partial charge in [0, 0.05) is 12.6 Å². The fourth-order valence-electron chi connectivity index (χ4n) is 3.40. The number of hydrogen-bond acceptors (Lipinski definition) is 3. The van der Waals surface area contributed by atoms with Crippen molar-refractivity contribution < 1.29 is 4.79 Å². The Morgan fingerprint density at radius 1 is 1.15 bits per heavy atom. The molecule has 3 N–H and O–H groups in total. The minimum absolute atomic E-state index is 0.213. The minimum atomic E-state index is -0.511. The summed E-state index contributed by atoms with van der Waals surface area (Å²) in [5, 5.41) is 0.633. The van der Waals surface area contributed by atoms with Crippen molar-refractivity contribution in [1.29, 1.82) is 0 Å². The van der Waals surface area contributed by atoms with Crippen molar-refractivity contribution in [1.82, 2.24) is 9.55 Å². The summed E-state index contributed by atoms with van der Waals surface area (Å²) < 4.78 is 1.41. The highest BCUT2D eigenvalue weighted by molar-refractivity contribution is 5.92. The summed E-state index contributed by atoms with van der Waals surface area (Å²) in [7, 11) is 1.62. The van der Waals surface area contributed by atoms with Crippen molar-refractivity contribution >= 4 is 18.1 Å². The molecule has 0 aliphatic heterocycles. The molecule has 1 heterocycles. The van der Waals surface area contributed by atoms with Crippen molar-refractivity contribution in [2.24, 2.45) is 18.7 Å². The molecule has 0 radical (unpaired) electrons. The molecule has 1 aromatic heterocycles. The molecular weight excluding hydrogens is 330 g/mol. The van der Waals surface area contributed by atoms with E-state index in [2.05, 4.69) is 4.98 Å². The van der Waals surface area contributed by atoms with Crippen LogP contribution >= 0.6 is 0 Å². The standard InChI is InChI=1S/C20H23N3O3/c1-23-17(12-13-5-3-2-4-6-13)19(25)22-16(20(23)26)11-14-7-9-15(10-8-14)18(21)24/h7-13H,2-6H2,1H3,(H2,21,24)(H,22,25)/b16-11-,17-12-. The zero-order chi connectivity index (χ0) is 18.7. The van der Waals surface area contributed by atoms with E-state index in [1.165, 1.54) is 23.8 Å². The van der Waals surface area contributed by atoms with Crippen LogP contribution in [0.5, 0.6) is 0 Å². The first-order valence-electron chi connectivity index (χ1n) is 8.88. The molecule has 1 fully saturated rings. The lowest BCUT2D eigenvalue weighted by molar-refractivity contribution is 0.100. The Hall–Kier alpha value is -2.89. The number of hydrogen-bond donors (Lipinski definition) is 2. The molecule has 0 saturated heterocycles. The maximum absolute atomic E-state index is 12.6. The molecule has 26 heavy (non-hydrogen) atoms. The van der Waals surface area contributed by atoms with Gasteiger partial charge in [0.25, 0.3) is 11.1 Å². The van der Waals surface area contributed by atoms with Gasteiger partial charge in [-0.25, -0.2) is 0 Å². The van der Waals surface area contributed by atoms with Gasteiger partial charge in [-0.15, -0.1) is 0 Å². The van der Waals surface area contributed by atoms with Gasteiger partial charge in [-0.05, 0) is 42.5 Å². The van der Waals surface area contributed by atoms with Gasteiger partial charge in [0.05, 0.1) is 0 Å². The molecule has 0 unspecified atom stereocenters. The molecule has 1 aromatic carbocycles. The van der Waals surface area contributed by atoms with Crippen LogP contribution in [-0.4, -0.2) is 15.5 Å². The van der Waals surface area contributed by atoms with E-state index >= 15 is 0 Å². The van der Waals surface area contributed by atoms with Crippen molar-refractivity contribution in [2.75, 3.05) is 0 Å². The van der Waals surface area contributed by atoms with Crippen LogP contribution in [0.3, 0.4) is 0 Å². The number of nitrogens with two attached hydrogens (primary N) is 1. The number of rotatable bonds is 3. The van der Waals surface area contributed by atoms with E-state index in [-0.39, 0.29) is 16.5 Å². The smallest absolute Gasteiger partial charge is 0.274 e. The van der Waals surface area contributed by atoms with Crippen molar-refractivity contribution in [2.45, 2.75) is 32.1 Å². The number of aromatic nitrogens is 2. The fourth-order valence-corrected chi connectivity index (χ4v) is 3.40. The normalized spacial score (nSPS) is 16.8. The summed E-state index contributed by atoms with van der Waals surface area (Å²) in [6.07, 6.45) is 9.23. The van der Waals surface area contributed by atoms with E-state index in [0.717, 1.165) is 12.8 Å². The molecule has 0 bridgehead atoms. The number of carbonyl (C=O) groups is 1. The Balaban J connectivity index is 2.04. The third-order valence-electron chi connectivity index (χ3n) is 4.93. The van der Waals surface area contributed by atoms with Crippen LogP contribution in [0.2, 0.25) is 0 Å².